The minimum Gasteiger partial charge on any atom is -0.333 e. The first-order valence-electron chi connectivity index (χ1n) is 11.1. The fourth-order valence-electron chi connectivity index (χ4n) is 4.48. The smallest absolute Gasteiger partial charge is 0.243 e. The largest absolute Gasteiger partial charge is 0.333 e. The van der Waals surface area contributed by atoms with E-state index in [9.17, 15) is 13.2 Å². The Hall–Kier alpha value is -2.22. The van der Waals surface area contributed by atoms with Crippen LogP contribution in [0.4, 0.5) is 0 Å². The van der Waals surface area contributed by atoms with Crippen LogP contribution in [0.5, 0.6) is 0 Å². The van der Waals surface area contributed by atoms with E-state index in [2.05, 4.69) is 24.1 Å². The van der Waals surface area contributed by atoms with Crippen LogP contribution in [0.2, 0.25) is 0 Å². The molecule has 6 nitrogen and oxygen atoms in total. The summed E-state index contributed by atoms with van der Waals surface area (Å²) in [5, 5.41) is 0. The van der Waals surface area contributed by atoms with Gasteiger partial charge in [-0.3, -0.25) is 4.79 Å². The lowest BCUT2D eigenvalue weighted by Crippen LogP contribution is -2.49. The van der Waals surface area contributed by atoms with E-state index in [1.54, 1.807) is 16.4 Å². The number of aryl methyl sites for hydroxylation is 1. The van der Waals surface area contributed by atoms with Gasteiger partial charge in [0.05, 0.1) is 10.9 Å². The Labute approximate surface area is 185 Å². The molecule has 2 aliphatic rings. The number of hydrogen-bond donors (Lipinski definition) is 0. The lowest BCUT2D eigenvalue weighted by Gasteiger charge is -2.40. The second-order valence-corrected chi connectivity index (χ2v) is 10.5. The van der Waals surface area contributed by atoms with Gasteiger partial charge in [0, 0.05) is 39.1 Å². The number of amides is 1. The summed E-state index contributed by atoms with van der Waals surface area (Å²) in [6, 6.07) is 17.3. The molecule has 166 valence electrons. The van der Waals surface area contributed by atoms with Crippen LogP contribution < -0.4 is 0 Å². The Balaban J connectivity index is 1.39. The van der Waals surface area contributed by atoms with Crippen LogP contribution in [-0.4, -0.2) is 68.2 Å². The third-order valence-corrected chi connectivity index (χ3v) is 8.25. The zero-order valence-electron chi connectivity index (χ0n) is 18.1. The predicted octanol–water partition coefficient (Wildman–Crippen LogP) is 2.92. The average Bonchev–Trinajstić information content (AvgIpc) is 3.34. The zero-order chi connectivity index (χ0) is 21.8. The van der Waals surface area contributed by atoms with Crippen LogP contribution >= 0.6 is 0 Å². The first kappa shape index (κ1) is 22.0. The molecule has 0 N–H and O–H groups in total. The molecule has 2 heterocycles. The van der Waals surface area contributed by atoms with Crippen molar-refractivity contribution in [2.45, 2.75) is 36.6 Å². The van der Waals surface area contributed by atoms with Gasteiger partial charge in [0.25, 0.3) is 0 Å². The Morgan fingerprint density at radius 3 is 2.29 bits per heavy atom. The molecule has 0 bridgehead atoms. The molecule has 0 unspecified atom stereocenters. The van der Waals surface area contributed by atoms with E-state index >= 15 is 0 Å². The number of benzene rings is 2. The van der Waals surface area contributed by atoms with Crippen LogP contribution in [0, 0.1) is 0 Å². The van der Waals surface area contributed by atoms with E-state index in [-0.39, 0.29) is 11.9 Å². The van der Waals surface area contributed by atoms with Gasteiger partial charge in [-0.15, -0.1) is 0 Å². The SMILES string of the molecule is CN1CCN(C(=O)CCc2ccc(S(=O)(=O)N3CCCC3)cc2)[C@H](c2ccccc2)C1. The van der Waals surface area contributed by atoms with Gasteiger partial charge in [-0.2, -0.15) is 4.31 Å². The summed E-state index contributed by atoms with van der Waals surface area (Å²) in [4.78, 5) is 17.7. The number of nitrogens with zero attached hydrogens (tertiary/aromatic N) is 3. The molecule has 1 amide bonds. The monoisotopic (exact) mass is 441 g/mol. The summed E-state index contributed by atoms with van der Waals surface area (Å²) in [5.74, 6) is 0.149. The van der Waals surface area contributed by atoms with Gasteiger partial charge in [-0.25, -0.2) is 8.42 Å². The Kier molecular flexibility index (Phi) is 6.74. The normalized spacial score (nSPS) is 20.8. The molecule has 0 aromatic heterocycles. The first-order valence-corrected chi connectivity index (χ1v) is 12.5. The highest BCUT2D eigenvalue weighted by atomic mass is 32.2. The molecule has 1 atom stereocenters. The quantitative estimate of drug-likeness (QED) is 0.692. The summed E-state index contributed by atoms with van der Waals surface area (Å²) in [6.45, 7) is 3.64. The van der Waals surface area contributed by atoms with E-state index in [0.717, 1.165) is 38.0 Å². The molecule has 2 aromatic carbocycles. The lowest BCUT2D eigenvalue weighted by molar-refractivity contribution is -0.136. The molecule has 2 aromatic rings. The number of rotatable bonds is 6. The molecule has 7 heteroatoms. The van der Waals surface area contributed by atoms with Crippen molar-refractivity contribution >= 4 is 15.9 Å². The van der Waals surface area contributed by atoms with Crippen LogP contribution in [0.25, 0.3) is 0 Å². The van der Waals surface area contributed by atoms with Crippen LogP contribution in [0.3, 0.4) is 0 Å². The van der Waals surface area contributed by atoms with Crippen LogP contribution in [-0.2, 0) is 21.2 Å². The molecule has 0 aliphatic carbocycles. The van der Waals surface area contributed by atoms with Crippen LogP contribution in [0.1, 0.15) is 36.4 Å². The molecule has 0 radical (unpaired) electrons. The highest BCUT2D eigenvalue weighted by Crippen LogP contribution is 2.26. The predicted molar refractivity (Wildman–Crippen MR) is 121 cm³/mol. The second kappa shape index (κ2) is 9.51. The minimum atomic E-state index is -3.39. The fourth-order valence-corrected chi connectivity index (χ4v) is 6.00. The average molecular weight is 442 g/mol. The second-order valence-electron chi connectivity index (χ2n) is 8.53. The maximum atomic E-state index is 13.1. The Morgan fingerprint density at radius 1 is 0.935 bits per heavy atom. The standard InChI is InChI=1S/C24H31N3O3S/c1-25-17-18-27(23(19-25)21-7-3-2-4-8-21)24(28)14-11-20-9-12-22(13-10-20)31(29,30)26-15-5-6-16-26/h2-4,7-10,12-13,23H,5-6,11,14-19H2,1H3/t23-/m0/s1. The summed E-state index contributed by atoms with van der Waals surface area (Å²) in [6.07, 6.45) is 2.88. The summed E-state index contributed by atoms with van der Waals surface area (Å²) >= 11 is 0. The van der Waals surface area contributed by atoms with Gasteiger partial charge < -0.3 is 9.80 Å². The van der Waals surface area contributed by atoms with E-state index < -0.39 is 10.0 Å². The zero-order valence-corrected chi connectivity index (χ0v) is 18.9. The molecule has 4 rings (SSSR count). The number of hydrogen-bond acceptors (Lipinski definition) is 4. The summed E-state index contributed by atoms with van der Waals surface area (Å²) in [7, 11) is -1.30. The van der Waals surface area contributed by atoms with Crippen molar-refractivity contribution < 1.29 is 13.2 Å². The molecular formula is C24H31N3O3S. The topological polar surface area (TPSA) is 60.9 Å². The number of carbonyl (C=O) groups excluding carboxylic acids is 1. The van der Waals surface area contributed by atoms with Gasteiger partial charge in [0.15, 0.2) is 0 Å². The third-order valence-electron chi connectivity index (χ3n) is 6.34. The van der Waals surface area contributed by atoms with Gasteiger partial charge in [0.2, 0.25) is 15.9 Å². The van der Waals surface area contributed by atoms with Crippen molar-refractivity contribution in [2.75, 3.05) is 39.8 Å². The van der Waals surface area contributed by atoms with Gasteiger partial charge >= 0.3 is 0 Å². The molecule has 0 spiro atoms. The molecule has 31 heavy (non-hydrogen) atoms. The van der Waals surface area contributed by atoms with Crippen molar-refractivity contribution in [2.24, 2.45) is 0 Å². The van der Waals surface area contributed by atoms with Gasteiger partial charge in [-0.1, -0.05) is 42.5 Å². The van der Waals surface area contributed by atoms with Gasteiger partial charge in [0.1, 0.15) is 0 Å². The lowest BCUT2D eigenvalue weighted by atomic mass is 10.0. The number of likely N-dealkylation sites (N-methyl/N-ethyl adjacent to an activating group) is 1. The van der Waals surface area contributed by atoms with E-state index in [4.69, 9.17) is 0 Å². The number of sulfonamides is 1. The van der Waals surface area contributed by atoms with Crippen LogP contribution in [0.15, 0.2) is 59.5 Å². The fraction of sp³-hybridized carbons (Fsp3) is 0.458. The number of piperazine rings is 1. The van der Waals surface area contributed by atoms with E-state index in [0.29, 0.717) is 30.8 Å². The van der Waals surface area contributed by atoms with Crippen molar-refractivity contribution in [3.63, 3.8) is 0 Å². The highest BCUT2D eigenvalue weighted by molar-refractivity contribution is 7.89. The van der Waals surface area contributed by atoms with Gasteiger partial charge in [-0.05, 0) is 49.6 Å². The van der Waals surface area contributed by atoms with Crippen molar-refractivity contribution in [3.8, 4) is 0 Å². The van der Waals surface area contributed by atoms with Crippen molar-refractivity contribution in [1.29, 1.82) is 0 Å². The van der Waals surface area contributed by atoms with Crippen molar-refractivity contribution in [3.05, 3.63) is 65.7 Å². The van der Waals surface area contributed by atoms with Crippen molar-refractivity contribution in [1.82, 2.24) is 14.1 Å². The molecular weight excluding hydrogens is 410 g/mol. The summed E-state index contributed by atoms with van der Waals surface area (Å²) in [5.41, 5.74) is 2.15. The molecule has 2 saturated heterocycles. The van der Waals surface area contributed by atoms with E-state index in [1.807, 2.05) is 35.2 Å². The third kappa shape index (κ3) is 5.00. The van der Waals surface area contributed by atoms with E-state index in [1.165, 1.54) is 5.56 Å². The Morgan fingerprint density at radius 2 is 1.61 bits per heavy atom. The highest BCUT2D eigenvalue weighted by Gasteiger charge is 2.30. The number of carbonyl (C=O) groups is 1. The molecule has 2 fully saturated rings. The summed E-state index contributed by atoms with van der Waals surface area (Å²) < 4.78 is 26.9. The Bertz CT molecular complexity index is 986. The minimum absolute atomic E-state index is 0.0698. The maximum Gasteiger partial charge on any atom is 0.243 e. The first-order chi connectivity index (χ1) is 14.9. The maximum absolute atomic E-state index is 13.1. The molecule has 0 saturated carbocycles. The molecule has 2 aliphatic heterocycles.